The lowest BCUT2D eigenvalue weighted by atomic mass is 10.0. The van der Waals surface area contributed by atoms with Crippen LogP contribution in [0.4, 0.5) is 10.5 Å². The highest BCUT2D eigenvalue weighted by Crippen LogP contribution is 2.30. The summed E-state index contributed by atoms with van der Waals surface area (Å²) < 4.78 is 5.24. The van der Waals surface area contributed by atoms with Crippen LogP contribution < -0.4 is 4.90 Å². The van der Waals surface area contributed by atoms with Crippen LogP contribution in [0.15, 0.2) is 66.7 Å². The van der Waals surface area contributed by atoms with Gasteiger partial charge in [0.1, 0.15) is 0 Å². The van der Waals surface area contributed by atoms with E-state index in [1.165, 1.54) is 0 Å². The molecular formula is C20H19NO2. The standard InChI is InChI=1S/C20H19NO2/c1-2-23-20(22)21-18(14-12-16-8-4-3-5-9-16)15-13-17-10-6-7-11-19(17)21/h3-15,18H,2H2,1H3/b14-12+/t18-/m1/s1. The van der Waals surface area contributed by atoms with E-state index >= 15 is 0 Å². The number of hydrogen-bond acceptors (Lipinski definition) is 2. The summed E-state index contributed by atoms with van der Waals surface area (Å²) in [5.41, 5.74) is 2.99. The fourth-order valence-electron chi connectivity index (χ4n) is 2.63. The monoisotopic (exact) mass is 305 g/mol. The molecule has 2 aromatic carbocycles. The molecule has 0 aromatic heterocycles. The van der Waals surface area contributed by atoms with Gasteiger partial charge in [-0.15, -0.1) is 0 Å². The molecule has 0 saturated heterocycles. The summed E-state index contributed by atoms with van der Waals surface area (Å²) in [5, 5.41) is 0. The lowest BCUT2D eigenvalue weighted by molar-refractivity contribution is 0.159. The Kier molecular flexibility index (Phi) is 4.57. The van der Waals surface area contributed by atoms with Crippen molar-refractivity contribution in [3.63, 3.8) is 0 Å². The molecule has 0 fully saturated rings. The molecule has 1 amide bonds. The highest BCUT2D eigenvalue weighted by atomic mass is 16.6. The Morgan fingerprint density at radius 1 is 1.13 bits per heavy atom. The first-order valence-corrected chi connectivity index (χ1v) is 7.76. The molecule has 3 rings (SSSR count). The summed E-state index contributed by atoms with van der Waals surface area (Å²) in [6.45, 7) is 2.18. The summed E-state index contributed by atoms with van der Waals surface area (Å²) in [7, 11) is 0. The molecule has 0 spiro atoms. The molecule has 0 unspecified atom stereocenters. The molecule has 3 heteroatoms. The smallest absolute Gasteiger partial charge is 0.415 e. The maximum Gasteiger partial charge on any atom is 0.415 e. The quantitative estimate of drug-likeness (QED) is 0.818. The molecule has 1 aliphatic heterocycles. The third kappa shape index (κ3) is 3.34. The lowest BCUT2D eigenvalue weighted by Gasteiger charge is -2.31. The predicted molar refractivity (Wildman–Crippen MR) is 94.2 cm³/mol. The maximum atomic E-state index is 12.4. The zero-order chi connectivity index (χ0) is 16.1. The summed E-state index contributed by atoms with van der Waals surface area (Å²) in [4.78, 5) is 14.1. The normalized spacial score (nSPS) is 16.4. The largest absolute Gasteiger partial charge is 0.449 e. The van der Waals surface area contributed by atoms with E-state index in [0.717, 1.165) is 16.8 Å². The van der Waals surface area contributed by atoms with Crippen LogP contribution in [0.1, 0.15) is 18.1 Å². The van der Waals surface area contributed by atoms with Crippen LogP contribution in [0.3, 0.4) is 0 Å². The van der Waals surface area contributed by atoms with Gasteiger partial charge in [0.25, 0.3) is 0 Å². The topological polar surface area (TPSA) is 29.5 Å². The van der Waals surface area contributed by atoms with Crippen LogP contribution in [-0.4, -0.2) is 18.7 Å². The first-order chi connectivity index (χ1) is 11.3. The van der Waals surface area contributed by atoms with Gasteiger partial charge in [-0.25, -0.2) is 4.79 Å². The van der Waals surface area contributed by atoms with Gasteiger partial charge in [0.15, 0.2) is 0 Å². The van der Waals surface area contributed by atoms with Crippen LogP contribution in [0, 0.1) is 0 Å². The second-order valence-corrected chi connectivity index (χ2v) is 5.25. The molecule has 0 N–H and O–H groups in total. The number of carbonyl (C=O) groups excluding carboxylic acids is 1. The van der Waals surface area contributed by atoms with Crippen LogP contribution in [-0.2, 0) is 4.74 Å². The number of anilines is 1. The summed E-state index contributed by atoms with van der Waals surface area (Å²) >= 11 is 0. The van der Waals surface area contributed by atoms with Gasteiger partial charge in [0.05, 0.1) is 18.3 Å². The number of para-hydroxylation sites is 1. The van der Waals surface area contributed by atoms with Crippen LogP contribution in [0.25, 0.3) is 12.2 Å². The minimum atomic E-state index is -0.327. The number of fused-ring (bicyclic) bond motifs is 1. The van der Waals surface area contributed by atoms with Gasteiger partial charge in [-0.2, -0.15) is 0 Å². The van der Waals surface area contributed by atoms with Crippen molar-refractivity contribution in [1.29, 1.82) is 0 Å². The Bertz CT molecular complexity index is 734. The molecule has 116 valence electrons. The van der Waals surface area contributed by atoms with Gasteiger partial charge in [-0.05, 0) is 24.1 Å². The summed E-state index contributed by atoms with van der Waals surface area (Å²) in [6, 6.07) is 17.7. The van der Waals surface area contributed by atoms with Gasteiger partial charge in [0, 0.05) is 0 Å². The number of benzene rings is 2. The van der Waals surface area contributed by atoms with E-state index in [-0.39, 0.29) is 12.1 Å². The van der Waals surface area contributed by atoms with Crippen molar-refractivity contribution in [3.8, 4) is 0 Å². The van der Waals surface area contributed by atoms with Gasteiger partial charge < -0.3 is 4.74 Å². The van der Waals surface area contributed by atoms with Crippen molar-refractivity contribution in [2.45, 2.75) is 13.0 Å². The second-order valence-electron chi connectivity index (χ2n) is 5.25. The molecule has 2 aromatic rings. The molecule has 0 saturated carbocycles. The van der Waals surface area contributed by atoms with E-state index in [1.807, 2.05) is 85.8 Å². The zero-order valence-electron chi connectivity index (χ0n) is 13.1. The van der Waals surface area contributed by atoms with Crippen LogP contribution in [0.2, 0.25) is 0 Å². The van der Waals surface area contributed by atoms with E-state index < -0.39 is 0 Å². The molecular weight excluding hydrogens is 286 g/mol. The van der Waals surface area contributed by atoms with Crippen molar-refractivity contribution in [2.24, 2.45) is 0 Å². The SMILES string of the molecule is CCOC(=O)N1c2ccccc2C=C[C@H]1/C=C/c1ccccc1. The van der Waals surface area contributed by atoms with Crippen LogP contribution in [0.5, 0.6) is 0 Å². The van der Waals surface area contributed by atoms with Crippen molar-refractivity contribution in [3.05, 3.63) is 77.9 Å². The molecule has 0 aliphatic carbocycles. The minimum Gasteiger partial charge on any atom is -0.449 e. The molecule has 0 radical (unpaired) electrons. The van der Waals surface area contributed by atoms with Crippen molar-refractivity contribution in [1.82, 2.24) is 0 Å². The predicted octanol–water partition coefficient (Wildman–Crippen LogP) is 4.76. The highest BCUT2D eigenvalue weighted by Gasteiger charge is 2.27. The number of amides is 1. The fraction of sp³-hybridized carbons (Fsp3) is 0.150. The van der Waals surface area contributed by atoms with Gasteiger partial charge in [0.2, 0.25) is 0 Å². The minimum absolute atomic E-state index is 0.163. The van der Waals surface area contributed by atoms with Gasteiger partial charge in [-0.3, -0.25) is 4.90 Å². The average molecular weight is 305 g/mol. The fourth-order valence-corrected chi connectivity index (χ4v) is 2.63. The first-order valence-electron chi connectivity index (χ1n) is 7.76. The Hall–Kier alpha value is -2.81. The molecule has 1 aliphatic rings. The number of rotatable bonds is 3. The number of nitrogens with zero attached hydrogens (tertiary/aromatic N) is 1. The number of hydrogen-bond donors (Lipinski definition) is 0. The molecule has 3 nitrogen and oxygen atoms in total. The number of carbonyl (C=O) groups is 1. The Labute approximate surface area is 136 Å². The average Bonchev–Trinajstić information content (AvgIpc) is 2.60. The second kappa shape index (κ2) is 6.97. The maximum absolute atomic E-state index is 12.4. The van der Waals surface area contributed by atoms with Crippen molar-refractivity contribution in [2.75, 3.05) is 11.5 Å². The van der Waals surface area contributed by atoms with Crippen molar-refractivity contribution < 1.29 is 9.53 Å². The van der Waals surface area contributed by atoms with E-state index in [9.17, 15) is 4.79 Å². The Morgan fingerprint density at radius 3 is 2.65 bits per heavy atom. The number of ether oxygens (including phenoxy) is 1. The van der Waals surface area contributed by atoms with Gasteiger partial charge in [-0.1, -0.05) is 72.8 Å². The highest BCUT2D eigenvalue weighted by molar-refractivity contribution is 5.94. The summed E-state index contributed by atoms with van der Waals surface area (Å²) in [5.74, 6) is 0. The molecule has 0 bridgehead atoms. The zero-order valence-corrected chi connectivity index (χ0v) is 13.1. The summed E-state index contributed by atoms with van der Waals surface area (Å²) in [6.07, 6.45) is 7.77. The van der Waals surface area contributed by atoms with E-state index in [4.69, 9.17) is 4.74 Å². The lowest BCUT2D eigenvalue weighted by Crippen LogP contribution is -2.40. The Morgan fingerprint density at radius 2 is 1.87 bits per heavy atom. The molecule has 23 heavy (non-hydrogen) atoms. The van der Waals surface area contributed by atoms with Crippen molar-refractivity contribution >= 4 is 23.9 Å². The van der Waals surface area contributed by atoms with E-state index in [1.54, 1.807) is 4.90 Å². The van der Waals surface area contributed by atoms with Crippen LogP contribution >= 0.6 is 0 Å². The third-order valence-electron chi connectivity index (χ3n) is 3.72. The Balaban J connectivity index is 1.92. The van der Waals surface area contributed by atoms with E-state index in [2.05, 4.69) is 0 Å². The third-order valence-corrected chi connectivity index (χ3v) is 3.72. The molecule has 1 atom stereocenters. The van der Waals surface area contributed by atoms with E-state index in [0.29, 0.717) is 6.61 Å². The first kappa shape index (κ1) is 15.1. The molecule has 1 heterocycles. The van der Waals surface area contributed by atoms with Gasteiger partial charge >= 0.3 is 6.09 Å².